The van der Waals surface area contributed by atoms with Crippen LogP contribution in [0.15, 0.2) is 40.5 Å². The molecule has 0 unspecified atom stereocenters. The monoisotopic (exact) mass is 502 g/mol. The molecular weight excluding hydrogens is 476 g/mol. The topological polar surface area (TPSA) is 77.1 Å². The summed E-state index contributed by atoms with van der Waals surface area (Å²) >= 11 is 3.61. The second kappa shape index (κ2) is 10.1. The molecule has 0 spiro atoms. The van der Waals surface area contributed by atoms with Gasteiger partial charge >= 0.3 is 0 Å². The molecule has 0 atom stereocenters. The number of rotatable bonds is 7. The van der Waals surface area contributed by atoms with Gasteiger partial charge in [-0.1, -0.05) is 12.1 Å². The van der Waals surface area contributed by atoms with Gasteiger partial charge in [0.15, 0.2) is 11.5 Å². The molecular formula is C24H27BrN2O5. The largest absolute Gasteiger partial charge is 0.497 e. The van der Waals surface area contributed by atoms with Gasteiger partial charge in [0.05, 0.1) is 33.4 Å². The first-order valence-electron chi connectivity index (χ1n) is 10.2. The predicted octanol–water partition coefficient (Wildman–Crippen LogP) is 4.06. The highest BCUT2D eigenvalue weighted by atomic mass is 79.9. The van der Waals surface area contributed by atoms with Crippen molar-refractivity contribution in [1.82, 2.24) is 10.2 Å². The van der Waals surface area contributed by atoms with Crippen molar-refractivity contribution in [3.8, 4) is 17.2 Å². The zero-order chi connectivity index (χ0) is 23.4. The summed E-state index contributed by atoms with van der Waals surface area (Å²) in [7, 11) is 3.18. The average Bonchev–Trinajstić information content (AvgIpc) is 2.76. The van der Waals surface area contributed by atoms with Crippen LogP contribution in [-0.2, 0) is 16.1 Å². The summed E-state index contributed by atoms with van der Waals surface area (Å²) in [6, 6.07) is 9.20. The molecule has 1 aliphatic heterocycles. The molecule has 2 aromatic rings. The summed E-state index contributed by atoms with van der Waals surface area (Å²) < 4.78 is 17.4. The van der Waals surface area contributed by atoms with Crippen molar-refractivity contribution in [3.05, 3.63) is 57.2 Å². The Morgan fingerprint density at radius 3 is 2.44 bits per heavy atom. The van der Waals surface area contributed by atoms with Crippen molar-refractivity contribution in [2.45, 2.75) is 33.4 Å². The van der Waals surface area contributed by atoms with Crippen LogP contribution < -0.4 is 19.5 Å². The Morgan fingerprint density at radius 2 is 1.84 bits per heavy atom. The number of ether oxygens (including phenoxy) is 3. The molecule has 1 heterocycles. The summed E-state index contributed by atoms with van der Waals surface area (Å²) in [6.45, 7) is 5.98. The first-order valence-corrected chi connectivity index (χ1v) is 11.0. The first-order chi connectivity index (χ1) is 15.2. The first kappa shape index (κ1) is 23.7. The van der Waals surface area contributed by atoms with Gasteiger partial charge in [0.1, 0.15) is 11.4 Å². The quantitative estimate of drug-likeness (QED) is 0.577. The summed E-state index contributed by atoms with van der Waals surface area (Å²) in [4.78, 5) is 27.0. The van der Waals surface area contributed by atoms with Crippen molar-refractivity contribution >= 4 is 33.8 Å². The lowest BCUT2D eigenvalue weighted by molar-refractivity contribution is -0.136. The number of nitrogens with zero attached hydrogens (tertiary/aromatic N) is 1. The van der Waals surface area contributed by atoms with Gasteiger partial charge in [-0.05, 0) is 72.1 Å². The third-order valence-electron chi connectivity index (χ3n) is 5.02. The van der Waals surface area contributed by atoms with Gasteiger partial charge in [0.2, 0.25) is 5.91 Å². The molecule has 2 aromatic carbocycles. The van der Waals surface area contributed by atoms with Crippen LogP contribution in [0.1, 0.15) is 30.5 Å². The fourth-order valence-corrected chi connectivity index (χ4v) is 3.86. The van der Waals surface area contributed by atoms with E-state index in [0.717, 1.165) is 21.3 Å². The lowest BCUT2D eigenvalue weighted by Gasteiger charge is -2.29. The summed E-state index contributed by atoms with van der Waals surface area (Å²) in [5.74, 6) is 1.41. The van der Waals surface area contributed by atoms with Crippen LogP contribution in [0.4, 0.5) is 0 Å². The lowest BCUT2D eigenvalue weighted by atomic mass is 10.1. The third kappa shape index (κ3) is 5.07. The number of halogens is 1. The van der Waals surface area contributed by atoms with Crippen LogP contribution in [0.3, 0.4) is 0 Å². The normalized spacial score (nSPS) is 15.2. The Bertz CT molecular complexity index is 1050. The van der Waals surface area contributed by atoms with Gasteiger partial charge in [-0.15, -0.1) is 0 Å². The van der Waals surface area contributed by atoms with Gasteiger partial charge in [0, 0.05) is 10.0 Å². The molecule has 170 valence electrons. The van der Waals surface area contributed by atoms with Gasteiger partial charge in [-0.25, -0.2) is 0 Å². The fraction of sp³-hybridized carbons (Fsp3) is 0.333. The van der Waals surface area contributed by atoms with E-state index in [0.29, 0.717) is 17.1 Å². The van der Waals surface area contributed by atoms with Gasteiger partial charge in [-0.3, -0.25) is 9.59 Å². The second-order valence-corrected chi connectivity index (χ2v) is 8.44. The minimum absolute atomic E-state index is 0.0448. The van der Waals surface area contributed by atoms with Crippen LogP contribution in [-0.4, -0.2) is 43.6 Å². The number of amides is 2. The molecule has 0 aromatic heterocycles. The van der Waals surface area contributed by atoms with Gasteiger partial charge in [0.25, 0.3) is 5.91 Å². The summed E-state index contributed by atoms with van der Waals surface area (Å²) in [5, 5.41) is 2.65. The molecule has 1 fully saturated rings. The van der Waals surface area contributed by atoms with Crippen molar-refractivity contribution in [1.29, 1.82) is 0 Å². The van der Waals surface area contributed by atoms with Crippen LogP contribution in [0.2, 0.25) is 0 Å². The highest BCUT2D eigenvalue weighted by Crippen LogP contribution is 2.40. The standard InChI is InChI=1S/C24H27BrN2O5/c1-14(2)32-20-11-17(22(25)15(3)23(20)31-5)10-19-24(29)26-12-21(28)27(19)13-16-6-8-18(30-4)9-7-16/h6-11,14H,12-13H2,1-5H3,(H,26,29)/b19-10-. The number of methoxy groups -OCH3 is 2. The number of carbonyl (C=O) groups is 2. The smallest absolute Gasteiger partial charge is 0.268 e. The minimum Gasteiger partial charge on any atom is -0.497 e. The maximum atomic E-state index is 12.8. The van der Waals surface area contributed by atoms with E-state index in [1.54, 1.807) is 26.4 Å². The number of nitrogens with one attached hydrogen (secondary N) is 1. The van der Waals surface area contributed by atoms with E-state index in [1.807, 2.05) is 45.0 Å². The summed E-state index contributed by atoms with van der Waals surface area (Å²) in [6.07, 6.45) is 1.63. The van der Waals surface area contributed by atoms with Crippen LogP contribution >= 0.6 is 15.9 Å². The molecule has 2 amide bonds. The Morgan fingerprint density at radius 1 is 1.16 bits per heavy atom. The molecule has 7 nitrogen and oxygen atoms in total. The van der Waals surface area contributed by atoms with E-state index in [1.165, 1.54) is 4.90 Å². The molecule has 1 saturated heterocycles. The molecule has 1 aliphatic rings. The SMILES string of the molecule is COc1ccc(CN2C(=O)CNC(=O)/C2=C/c2cc(OC(C)C)c(OC)c(C)c2Br)cc1. The van der Waals surface area contributed by atoms with E-state index < -0.39 is 0 Å². The Hall–Kier alpha value is -3.00. The van der Waals surface area contributed by atoms with E-state index in [-0.39, 0.29) is 36.7 Å². The Labute approximate surface area is 196 Å². The van der Waals surface area contributed by atoms with Gasteiger partial charge in [-0.2, -0.15) is 0 Å². The van der Waals surface area contributed by atoms with E-state index in [4.69, 9.17) is 14.2 Å². The number of hydrogen-bond donors (Lipinski definition) is 1. The fourth-order valence-electron chi connectivity index (χ4n) is 3.45. The Kier molecular flexibility index (Phi) is 7.45. The molecule has 32 heavy (non-hydrogen) atoms. The molecule has 0 saturated carbocycles. The van der Waals surface area contributed by atoms with E-state index in [2.05, 4.69) is 21.2 Å². The number of carbonyl (C=O) groups excluding carboxylic acids is 2. The molecule has 1 N–H and O–H groups in total. The Balaban J connectivity index is 2.05. The molecule has 0 aliphatic carbocycles. The van der Waals surface area contributed by atoms with Crippen LogP contribution in [0.25, 0.3) is 6.08 Å². The number of piperazine rings is 1. The molecule has 3 rings (SSSR count). The maximum Gasteiger partial charge on any atom is 0.268 e. The molecule has 0 bridgehead atoms. The number of benzene rings is 2. The van der Waals surface area contributed by atoms with E-state index in [9.17, 15) is 9.59 Å². The predicted molar refractivity (Wildman–Crippen MR) is 126 cm³/mol. The highest BCUT2D eigenvalue weighted by Gasteiger charge is 2.30. The zero-order valence-corrected chi connectivity index (χ0v) is 20.4. The van der Waals surface area contributed by atoms with Crippen LogP contribution in [0.5, 0.6) is 17.2 Å². The van der Waals surface area contributed by atoms with Crippen LogP contribution in [0, 0.1) is 6.92 Å². The second-order valence-electron chi connectivity index (χ2n) is 7.64. The maximum absolute atomic E-state index is 12.8. The van der Waals surface area contributed by atoms with Crippen molar-refractivity contribution in [3.63, 3.8) is 0 Å². The van der Waals surface area contributed by atoms with Crippen molar-refractivity contribution in [2.75, 3.05) is 20.8 Å². The van der Waals surface area contributed by atoms with Crippen molar-refractivity contribution < 1.29 is 23.8 Å². The van der Waals surface area contributed by atoms with Crippen molar-refractivity contribution in [2.24, 2.45) is 0 Å². The summed E-state index contributed by atoms with van der Waals surface area (Å²) in [5.41, 5.74) is 2.69. The van der Waals surface area contributed by atoms with E-state index >= 15 is 0 Å². The zero-order valence-electron chi connectivity index (χ0n) is 18.8. The average molecular weight is 503 g/mol. The minimum atomic E-state index is -0.315. The highest BCUT2D eigenvalue weighted by molar-refractivity contribution is 9.10. The molecule has 0 radical (unpaired) electrons. The number of hydrogen-bond acceptors (Lipinski definition) is 5. The lowest BCUT2D eigenvalue weighted by Crippen LogP contribution is -2.49. The molecule has 8 heteroatoms. The third-order valence-corrected chi connectivity index (χ3v) is 6.07. The van der Waals surface area contributed by atoms with Gasteiger partial charge < -0.3 is 24.4 Å².